The Morgan fingerprint density at radius 3 is 2.47 bits per heavy atom. The van der Waals surface area contributed by atoms with Gasteiger partial charge in [-0.15, -0.1) is 0 Å². The van der Waals surface area contributed by atoms with E-state index in [0.717, 1.165) is 22.9 Å². The first-order chi connectivity index (χ1) is 18.3. The maximum Gasteiger partial charge on any atom is 0.246 e. The second-order valence-corrected chi connectivity index (χ2v) is 11.3. The van der Waals surface area contributed by atoms with Gasteiger partial charge in [-0.25, -0.2) is 21.9 Å². The number of hydrogen-bond acceptors (Lipinski definition) is 5. The number of carbonyl (C=O) groups excluding carboxylic acids is 1. The molecule has 10 heteroatoms. The van der Waals surface area contributed by atoms with Gasteiger partial charge >= 0.3 is 0 Å². The second kappa shape index (κ2) is 9.07. The van der Waals surface area contributed by atoms with E-state index >= 15 is 0 Å². The van der Waals surface area contributed by atoms with E-state index in [1.807, 2.05) is 6.08 Å². The Balaban J connectivity index is 1.46. The topological polar surface area (TPSA) is 85.2 Å². The summed E-state index contributed by atoms with van der Waals surface area (Å²) in [5.41, 5.74) is 1.89. The quantitative estimate of drug-likeness (QED) is 0.355. The lowest BCUT2D eigenvalue weighted by atomic mass is 9.65. The van der Waals surface area contributed by atoms with Gasteiger partial charge in [0.2, 0.25) is 10.0 Å². The molecule has 0 N–H and O–H groups in total. The predicted octanol–water partition coefficient (Wildman–Crippen LogP) is 4.45. The minimum Gasteiger partial charge on any atom is -0.291 e. The Kier molecular flexibility index (Phi) is 5.81. The predicted molar refractivity (Wildman–Crippen MR) is 136 cm³/mol. The maximum atomic E-state index is 14.5. The van der Waals surface area contributed by atoms with Gasteiger partial charge in [0.25, 0.3) is 0 Å². The Hall–Kier alpha value is -4.02. The summed E-state index contributed by atoms with van der Waals surface area (Å²) in [5.74, 6) is -1.51. The molecule has 1 fully saturated rings. The Morgan fingerprint density at radius 2 is 1.74 bits per heavy atom. The van der Waals surface area contributed by atoms with Crippen molar-refractivity contribution in [3.05, 3.63) is 113 Å². The number of benzene rings is 2. The van der Waals surface area contributed by atoms with Gasteiger partial charge in [-0.05, 0) is 73.0 Å². The molecule has 0 saturated carbocycles. The zero-order valence-corrected chi connectivity index (χ0v) is 20.9. The van der Waals surface area contributed by atoms with Crippen LogP contribution in [0.3, 0.4) is 0 Å². The van der Waals surface area contributed by atoms with Crippen LogP contribution in [-0.4, -0.2) is 46.4 Å². The lowest BCUT2D eigenvalue weighted by Gasteiger charge is -2.44. The molecule has 192 valence electrons. The van der Waals surface area contributed by atoms with Gasteiger partial charge < -0.3 is 0 Å². The van der Waals surface area contributed by atoms with Crippen LogP contribution in [0.1, 0.15) is 28.2 Å². The van der Waals surface area contributed by atoms with Crippen LogP contribution in [0.5, 0.6) is 0 Å². The van der Waals surface area contributed by atoms with Crippen LogP contribution in [0.15, 0.2) is 89.6 Å². The molecule has 6 rings (SSSR count). The number of halogens is 2. The van der Waals surface area contributed by atoms with Gasteiger partial charge in [0.15, 0.2) is 5.78 Å². The summed E-state index contributed by atoms with van der Waals surface area (Å²) < 4.78 is 58.0. The van der Waals surface area contributed by atoms with E-state index in [2.05, 4.69) is 10.1 Å². The first-order valence-electron chi connectivity index (χ1n) is 12.0. The first-order valence-corrected chi connectivity index (χ1v) is 13.5. The number of hydrogen-bond donors (Lipinski definition) is 0. The summed E-state index contributed by atoms with van der Waals surface area (Å²) in [6, 6.07) is 16.2. The molecule has 2 aliphatic rings. The number of Topliss-reactive ketones (excluding diaryl/α,β-unsaturated/α-hetero) is 1. The van der Waals surface area contributed by atoms with Crippen LogP contribution < -0.4 is 0 Å². The number of pyridine rings is 1. The van der Waals surface area contributed by atoms with Crippen LogP contribution in [0.2, 0.25) is 0 Å². The Bertz CT molecular complexity index is 1680. The fraction of sp³-hybridized carbons (Fsp3) is 0.179. The fourth-order valence-corrected chi connectivity index (χ4v) is 6.91. The molecule has 4 aromatic rings. The van der Waals surface area contributed by atoms with Crippen molar-refractivity contribution in [2.45, 2.75) is 17.7 Å². The van der Waals surface area contributed by atoms with Crippen molar-refractivity contribution < 1.29 is 22.0 Å². The van der Waals surface area contributed by atoms with Crippen molar-refractivity contribution in [1.82, 2.24) is 19.1 Å². The number of carbonyl (C=O) groups is 1. The molecule has 1 aliphatic heterocycles. The van der Waals surface area contributed by atoms with E-state index < -0.39 is 26.2 Å². The zero-order chi connectivity index (χ0) is 26.5. The molecule has 1 aliphatic carbocycles. The number of fused-ring (bicyclic) bond motifs is 2. The number of ketones is 1. The number of piperidine rings is 1. The minimum atomic E-state index is -4.21. The van der Waals surface area contributed by atoms with Gasteiger partial charge in [0, 0.05) is 19.3 Å². The molecule has 7 nitrogen and oxygen atoms in total. The molecule has 38 heavy (non-hydrogen) atoms. The average Bonchev–Trinajstić information content (AvgIpc) is 3.34. The lowest BCUT2D eigenvalue weighted by Crippen LogP contribution is -2.53. The van der Waals surface area contributed by atoms with Gasteiger partial charge in [-0.2, -0.15) is 9.40 Å². The molecule has 1 atom stereocenters. The van der Waals surface area contributed by atoms with Crippen LogP contribution in [0.25, 0.3) is 11.8 Å². The summed E-state index contributed by atoms with van der Waals surface area (Å²) in [6.07, 6.45) is 5.49. The van der Waals surface area contributed by atoms with Crippen molar-refractivity contribution in [3.63, 3.8) is 0 Å². The smallest absolute Gasteiger partial charge is 0.246 e. The van der Waals surface area contributed by atoms with Crippen LogP contribution in [0.4, 0.5) is 8.78 Å². The summed E-state index contributed by atoms with van der Waals surface area (Å²) in [4.78, 5) is 17.9. The number of nitrogens with zero attached hydrogens (tertiary/aromatic N) is 4. The van der Waals surface area contributed by atoms with Crippen LogP contribution in [0, 0.1) is 17.0 Å². The molecule has 1 saturated heterocycles. The highest BCUT2D eigenvalue weighted by Crippen LogP contribution is 2.47. The van der Waals surface area contributed by atoms with E-state index in [0.29, 0.717) is 5.69 Å². The lowest BCUT2D eigenvalue weighted by molar-refractivity contribution is 0.0770. The average molecular weight is 533 g/mol. The van der Waals surface area contributed by atoms with E-state index in [-0.39, 0.29) is 43.2 Å². The molecular weight excluding hydrogens is 510 g/mol. The fourth-order valence-electron chi connectivity index (χ4n) is 5.34. The summed E-state index contributed by atoms with van der Waals surface area (Å²) in [7, 11) is -4.21. The monoisotopic (exact) mass is 532 g/mol. The standard InChI is InChI=1S/C28H22F2N4O3S/c29-21-8-10-22(11-9-21)34-25-15-20-12-14-33(38(36,37)26-7-2-1-5-23(26)30)18-28(20,16-19(25)17-32-34)27(35)24-6-3-4-13-31-24/h1-11,13,15,17H,12,14,16,18H2/t28-/m0/s1. The van der Waals surface area contributed by atoms with Crippen molar-refractivity contribution in [1.29, 1.82) is 0 Å². The number of rotatable bonds is 5. The SMILES string of the molecule is O=C(c1ccccn1)[C@]12Cc3cnn(-c4ccc(F)cc4)c3C=C1CCN(S(=O)(=O)c1ccccc1F)C2. The molecule has 2 aromatic carbocycles. The minimum absolute atomic E-state index is 0.0831. The van der Waals surface area contributed by atoms with Gasteiger partial charge in [0.1, 0.15) is 22.2 Å². The highest BCUT2D eigenvalue weighted by atomic mass is 32.2. The molecule has 0 amide bonds. The summed E-state index contributed by atoms with van der Waals surface area (Å²) >= 11 is 0. The Morgan fingerprint density at radius 1 is 0.974 bits per heavy atom. The van der Waals surface area contributed by atoms with Gasteiger partial charge in [-0.3, -0.25) is 9.78 Å². The normalized spacial score (nSPS) is 19.4. The van der Waals surface area contributed by atoms with E-state index in [4.69, 9.17) is 0 Å². The second-order valence-electron chi connectivity index (χ2n) is 9.43. The molecule has 0 bridgehead atoms. The molecule has 0 radical (unpaired) electrons. The third-order valence-electron chi connectivity index (χ3n) is 7.24. The summed E-state index contributed by atoms with van der Waals surface area (Å²) in [6.45, 7) is -0.0775. The van der Waals surface area contributed by atoms with Crippen molar-refractivity contribution >= 4 is 21.9 Å². The van der Waals surface area contributed by atoms with E-state index in [1.165, 1.54) is 40.8 Å². The van der Waals surface area contributed by atoms with Gasteiger partial charge in [0.05, 0.1) is 23.0 Å². The molecule has 2 aromatic heterocycles. The Labute approximate surface area is 218 Å². The highest BCUT2D eigenvalue weighted by molar-refractivity contribution is 7.89. The van der Waals surface area contributed by atoms with E-state index in [1.54, 1.807) is 41.2 Å². The zero-order valence-electron chi connectivity index (χ0n) is 20.1. The third kappa shape index (κ3) is 3.88. The molecule has 3 heterocycles. The first kappa shape index (κ1) is 24.3. The van der Waals surface area contributed by atoms with Crippen LogP contribution in [-0.2, 0) is 16.4 Å². The summed E-state index contributed by atoms with van der Waals surface area (Å²) in [5, 5.41) is 4.49. The van der Waals surface area contributed by atoms with Crippen LogP contribution >= 0.6 is 0 Å². The largest absolute Gasteiger partial charge is 0.291 e. The van der Waals surface area contributed by atoms with Crippen molar-refractivity contribution in [2.75, 3.05) is 13.1 Å². The number of sulfonamides is 1. The highest BCUT2D eigenvalue weighted by Gasteiger charge is 2.51. The molecule has 0 unspecified atom stereocenters. The molecular formula is C28H22F2N4O3S. The van der Waals surface area contributed by atoms with Gasteiger partial charge in [-0.1, -0.05) is 23.8 Å². The number of aromatic nitrogens is 3. The van der Waals surface area contributed by atoms with E-state index in [9.17, 15) is 22.0 Å². The van der Waals surface area contributed by atoms with Crippen molar-refractivity contribution in [2.24, 2.45) is 5.41 Å². The molecule has 0 spiro atoms. The van der Waals surface area contributed by atoms with Crippen molar-refractivity contribution in [3.8, 4) is 5.69 Å². The maximum absolute atomic E-state index is 14.5. The third-order valence-corrected chi connectivity index (χ3v) is 9.12.